The van der Waals surface area contributed by atoms with E-state index in [0.29, 0.717) is 22.8 Å². The second-order valence-corrected chi connectivity index (χ2v) is 16.0. The quantitative estimate of drug-likeness (QED) is 0.161. The van der Waals surface area contributed by atoms with Gasteiger partial charge in [0, 0.05) is 49.6 Å². The fourth-order valence-corrected chi connectivity index (χ4v) is 9.55. The van der Waals surface area contributed by atoms with Gasteiger partial charge in [0.1, 0.15) is 11.6 Å². The minimum Gasteiger partial charge on any atom is -0.309 e. The molecule has 12 aromatic rings. The average molecular weight is 816 g/mol. The van der Waals surface area contributed by atoms with Crippen LogP contribution in [0.2, 0.25) is 0 Å². The molecule has 0 aliphatic carbocycles. The van der Waals surface area contributed by atoms with Gasteiger partial charge in [-0.05, 0) is 70.8 Å². The maximum absolute atomic E-state index is 10.8. The SMILES string of the molecule is N#Cc1c(-c2ccccc2)nc(-c2c(-c3ccccc3)cc(-n3c4ccccc4c4cc(-n5c6ccccc6c6ccccc65)ccc43)cc2-c2ccccc2)nc1-c1ccccc1. The highest BCUT2D eigenvalue weighted by atomic mass is 15.0. The van der Waals surface area contributed by atoms with E-state index in [1.165, 1.54) is 27.2 Å². The summed E-state index contributed by atoms with van der Waals surface area (Å²) in [6.07, 6.45) is 0. The summed E-state index contributed by atoms with van der Waals surface area (Å²) in [4.78, 5) is 10.7. The first kappa shape index (κ1) is 37.0. The highest BCUT2D eigenvalue weighted by Crippen LogP contribution is 2.45. The van der Waals surface area contributed by atoms with Crippen LogP contribution in [0.25, 0.3) is 111 Å². The molecule has 5 nitrogen and oxygen atoms in total. The second-order valence-electron chi connectivity index (χ2n) is 16.0. The zero-order chi connectivity index (χ0) is 42.6. The molecule has 64 heavy (non-hydrogen) atoms. The van der Waals surface area contributed by atoms with Crippen LogP contribution in [0.1, 0.15) is 5.56 Å². The normalized spacial score (nSPS) is 11.4. The molecule has 0 N–H and O–H groups in total. The van der Waals surface area contributed by atoms with Crippen LogP contribution in [0.15, 0.2) is 224 Å². The van der Waals surface area contributed by atoms with E-state index in [9.17, 15) is 5.26 Å². The molecule has 0 amide bonds. The van der Waals surface area contributed by atoms with E-state index in [1.54, 1.807) is 0 Å². The topological polar surface area (TPSA) is 59.4 Å². The number of nitriles is 1. The number of benzene rings is 9. The summed E-state index contributed by atoms with van der Waals surface area (Å²) in [7, 11) is 0. The number of hydrogen-bond acceptors (Lipinski definition) is 3. The van der Waals surface area contributed by atoms with Gasteiger partial charge in [-0.3, -0.25) is 0 Å². The van der Waals surface area contributed by atoms with Crippen LogP contribution in [-0.4, -0.2) is 19.1 Å². The molecule has 0 radical (unpaired) electrons. The summed E-state index contributed by atoms with van der Waals surface area (Å²) in [6.45, 7) is 0. The molecule has 0 aliphatic heterocycles. The minimum atomic E-state index is 0.436. The molecule has 3 heterocycles. The predicted octanol–water partition coefficient (Wildman–Crippen LogP) is 14.9. The maximum Gasteiger partial charge on any atom is 0.161 e. The molecule has 5 heteroatoms. The molecule has 0 unspecified atom stereocenters. The van der Waals surface area contributed by atoms with Crippen LogP contribution in [-0.2, 0) is 0 Å². The second kappa shape index (κ2) is 15.3. The third-order valence-electron chi connectivity index (χ3n) is 12.4. The van der Waals surface area contributed by atoms with Gasteiger partial charge in [-0.15, -0.1) is 0 Å². The Hall–Kier alpha value is -8.85. The van der Waals surface area contributed by atoms with Gasteiger partial charge in [-0.25, -0.2) is 9.97 Å². The lowest BCUT2D eigenvalue weighted by molar-refractivity contribution is 1.15. The molecule has 0 saturated carbocycles. The molecule has 0 bridgehead atoms. The molecule has 298 valence electrons. The summed E-state index contributed by atoms with van der Waals surface area (Å²) in [5, 5.41) is 15.6. The largest absolute Gasteiger partial charge is 0.309 e. The highest BCUT2D eigenvalue weighted by molar-refractivity contribution is 6.12. The fraction of sp³-hybridized carbons (Fsp3) is 0. The van der Waals surface area contributed by atoms with Gasteiger partial charge in [0.15, 0.2) is 5.82 Å². The van der Waals surface area contributed by atoms with Crippen molar-refractivity contribution in [1.82, 2.24) is 19.1 Å². The first-order valence-corrected chi connectivity index (χ1v) is 21.5. The van der Waals surface area contributed by atoms with E-state index in [2.05, 4.69) is 167 Å². The lowest BCUT2D eigenvalue weighted by Crippen LogP contribution is -2.04. The molecule has 3 aromatic heterocycles. The zero-order valence-electron chi connectivity index (χ0n) is 34.6. The summed E-state index contributed by atoms with van der Waals surface area (Å²) >= 11 is 0. The van der Waals surface area contributed by atoms with Crippen molar-refractivity contribution in [3.8, 4) is 73.6 Å². The molecule has 0 fully saturated rings. The van der Waals surface area contributed by atoms with Crippen molar-refractivity contribution in [1.29, 1.82) is 5.26 Å². The summed E-state index contributed by atoms with van der Waals surface area (Å²) in [5.74, 6) is 0.541. The van der Waals surface area contributed by atoms with Crippen LogP contribution < -0.4 is 0 Å². The van der Waals surface area contributed by atoms with Crippen molar-refractivity contribution in [3.63, 3.8) is 0 Å². The molecule has 0 atom stereocenters. The molecular weight excluding hydrogens is 779 g/mol. The molecule has 0 saturated heterocycles. The lowest BCUT2D eigenvalue weighted by atomic mass is 9.89. The monoisotopic (exact) mass is 815 g/mol. The first-order valence-electron chi connectivity index (χ1n) is 21.5. The van der Waals surface area contributed by atoms with E-state index in [0.717, 1.165) is 66.7 Å². The van der Waals surface area contributed by atoms with Crippen LogP contribution in [0.4, 0.5) is 0 Å². The molecule has 0 spiro atoms. The van der Waals surface area contributed by atoms with Crippen molar-refractivity contribution < 1.29 is 0 Å². The number of aromatic nitrogens is 4. The molecule has 0 aliphatic rings. The van der Waals surface area contributed by atoms with Gasteiger partial charge < -0.3 is 9.13 Å². The van der Waals surface area contributed by atoms with E-state index < -0.39 is 0 Å². The van der Waals surface area contributed by atoms with Crippen molar-refractivity contribution >= 4 is 43.6 Å². The van der Waals surface area contributed by atoms with Crippen LogP contribution in [0, 0.1) is 11.3 Å². The van der Waals surface area contributed by atoms with E-state index in [-0.39, 0.29) is 0 Å². The van der Waals surface area contributed by atoms with Gasteiger partial charge in [-0.2, -0.15) is 5.26 Å². The standard InChI is InChI=1S/C59H37N5/c60-38-51-57(41-23-9-3-10-24-41)61-59(62-58(51)42-25-11-4-12-26-42)56-48(39-19-5-1-6-20-39)36-44(37-49(56)40-21-7-2-8-22-40)64-54-32-18-15-29-47(54)50-35-43(33-34-55(50)64)63-52-30-16-13-27-45(52)46-28-14-17-31-53(46)63/h1-37H. The number of hydrogen-bond donors (Lipinski definition) is 0. The van der Waals surface area contributed by atoms with Crippen molar-refractivity contribution in [3.05, 3.63) is 230 Å². The highest BCUT2D eigenvalue weighted by Gasteiger charge is 2.25. The van der Waals surface area contributed by atoms with Crippen molar-refractivity contribution in [2.45, 2.75) is 0 Å². The first-order chi connectivity index (χ1) is 31.7. The third kappa shape index (κ3) is 6.00. The Kier molecular flexibility index (Phi) is 8.81. The molecule has 12 rings (SSSR count). The lowest BCUT2D eigenvalue weighted by Gasteiger charge is -2.20. The molecule has 9 aromatic carbocycles. The number of nitrogens with zero attached hydrogens (tertiary/aromatic N) is 5. The minimum absolute atomic E-state index is 0.436. The third-order valence-corrected chi connectivity index (χ3v) is 12.4. The Labute approximate surface area is 370 Å². The smallest absolute Gasteiger partial charge is 0.161 e. The van der Waals surface area contributed by atoms with Gasteiger partial charge >= 0.3 is 0 Å². The van der Waals surface area contributed by atoms with Crippen molar-refractivity contribution in [2.24, 2.45) is 0 Å². The maximum atomic E-state index is 10.8. The van der Waals surface area contributed by atoms with E-state index in [4.69, 9.17) is 9.97 Å². The van der Waals surface area contributed by atoms with Gasteiger partial charge in [0.05, 0.1) is 33.5 Å². The predicted molar refractivity (Wildman–Crippen MR) is 263 cm³/mol. The summed E-state index contributed by atoms with van der Waals surface area (Å²) < 4.78 is 4.78. The van der Waals surface area contributed by atoms with Crippen LogP contribution in [0.5, 0.6) is 0 Å². The number of para-hydroxylation sites is 3. The summed E-state index contributed by atoms with van der Waals surface area (Å²) in [5.41, 5.74) is 14.9. The zero-order valence-corrected chi connectivity index (χ0v) is 34.6. The van der Waals surface area contributed by atoms with E-state index >= 15 is 0 Å². The molecular formula is C59H37N5. The van der Waals surface area contributed by atoms with Gasteiger partial charge in [-0.1, -0.05) is 176 Å². The Balaban J connectivity index is 1.16. The number of rotatable bonds is 7. The Morgan fingerprint density at radius 1 is 0.344 bits per heavy atom. The Morgan fingerprint density at radius 2 is 0.719 bits per heavy atom. The number of fused-ring (bicyclic) bond motifs is 6. The van der Waals surface area contributed by atoms with Crippen molar-refractivity contribution in [2.75, 3.05) is 0 Å². The van der Waals surface area contributed by atoms with Crippen LogP contribution in [0.3, 0.4) is 0 Å². The van der Waals surface area contributed by atoms with Crippen LogP contribution >= 0.6 is 0 Å². The fourth-order valence-electron chi connectivity index (χ4n) is 9.55. The van der Waals surface area contributed by atoms with E-state index in [1.807, 2.05) is 72.8 Å². The summed E-state index contributed by atoms with van der Waals surface area (Å²) in [6, 6.07) is 80.9. The Bertz CT molecular complexity index is 3590. The average Bonchev–Trinajstić information content (AvgIpc) is 3.89. The van der Waals surface area contributed by atoms with Gasteiger partial charge in [0.25, 0.3) is 0 Å². The Morgan fingerprint density at radius 3 is 1.17 bits per heavy atom. The van der Waals surface area contributed by atoms with Gasteiger partial charge in [0.2, 0.25) is 0 Å².